The monoisotopic (exact) mass is 310 g/mol. The lowest BCUT2D eigenvalue weighted by Crippen LogP contribution is -2.54. The average molecular weight is 310 g/mol. The Morgan fingerprint density at radius 1 is 1.05 bits per heavy atom. The average Bonchev–Trinajstić information content (AvgIpc) is 2.33. The number of carbonyl (C=O) groups is 2. The third-order valence-electron chi connectivity index (χ3n) is 4.53. The molecule has 1 unspecified atom stereocenters. The van der Waals surface area contributed by atoms with E-state index >= 15 is 0 Å². The largest absolute Gasteiger partial charge is 0.369 e. The van der Waals surface area contributed by atoms with E-state index in [1.165, 1.54) is 0 Å². The normalized spacial score (nSPS) is 20.3. The summed E-state index contributed by atoms with van der Waals surface area (Å²) in [6.45, 7) is 12.2. The molecule has 1 fully saturated rings. The zero-order valence-electron chi connectivity index (χ0n) is 15.2. The van der Waals surface area contributed by atoms with Crippen molar-refractivity contribution in [2.75, 3.05) is 0 Å². The highest BCUT2D eigenvalue weighted by Gasteiger charge is 2.49. The van der Waals surface area contributed by atoms with Crippen LogP contribution < -0.4 is 11.1 Å². The number of amides is 2. The van der Waals surface area contributed by atoms with E-state index in [1.54, 1.807) is 0 Å². The number of rotatable bonds is 4. The molecule has 0 aromatic carbocycles. The summed E-state index contributed by atoms with van der Waals surface area (Å²) in [6.07, 6.45) is 5.23. The van der Waals surface area contributed by atoms with Gasteiger partial charge in [0.15, 0.2) is 0 Å². The highest BCUT2D eigenvalue weighted by molar-refractivity contribution is 5.90. The fourth-order valence-corrected chi connectivity index (χ4v) is 3.56. The minimum Gasteiger partial charge on any atom is -0.369 e. The Labute approximate surface area is 135 Å². The van der Waals surface area contributed by atoms with Crippen LogP contribution in [0.4, 0.5) is 0 Å². The van der Waals surface area contributed by atoms with Gasteiger partial charge in [0, 0.05) is 5.54 Å². The van der Waals surface area contributed by atoms with E-state index in [9.17, 15) is 9.59 Å². The lowest BCUT2D eigenvalue weighted by molar-refractivity contribution is -0.145. The highest BCUT2D eigenvalue weighted by atomic mass is 16.2. The van der Waals surface area contributed by atoms with Gasteiger partial charge < -0.3 is 11.1 Å². The second-order valence-electron chi connectivity index (χ2n) is 9.14. The van der Waals surface area contributed by atoms with Crippen molar-refractivity contribution in [3.63, 3.8) is 0 Å². The topological polar surface area (TPSA) is 72.2 Å². The van der Waals surface area contributed by atoms with Crippen molar-refractivity contribution < 1.29 is 9.59 Å². The highest BCUT2D eigenvalue weighted by Crippen LogP contribution is 2.46. The molecule has 0 aliphatic heterocycles. The first kappa shape index (κ1) is 19.0. The molecular weight excluding hydrogens is 276 g/mol. The first-order chi connectivity index (χ1) is 9.87. The summed E-state index contributed by atoms with van der Waals surface area (Å²) in [6, 6.07) is 0. The molecule has 0 bridgehead atoms. The van der Waals surface area contributed by atoms with E-state index in [1.807, 2.05) is 20.8 Å². The zero-order valence-corrected chi connectivity index (χ0v) is 15.2. The standard InChI is InChI=1S/C18H34N2O2/c1-16(2,3)12-13(14(21)20-17(4,5)6)18(15(19)22)10-8-7-9-11-18/h13H,7-12H2,1-6H3,(H2,19,22)(H,20,21). The summed E-state index contributed by atoms with van der Waals surface area (Å²) >= 11 is 0. The lowest BCUT2D eigenvalue weighted by atomic mass is 9.61. The van der Waals surface area contributed by atoms with Gasteiger partial charge in [0.2, 0.25) is 11.8 Å². The molecule has 0 saturated heterocycles. The molecule has 2 amide bonds. The number of nitrogens with two attached hydrogens (primary N) is 1. The van der Waals surface area contributed by atoms with Crippen molar-refractivity contribution in [1.29, 1.82) is 0 Å². The van der Waals surface area contributed by atoms with Crippen LogP contribution in [0.2, 0.25) is 0 Å². The van der Waals surface area contributed by atoms with Gasteiger partial charge >= 0.3 is 0 Å². The summed E-state index contributed by atoms with van der Waals surface area (Å²) < 4.78 is 0. The van der Waals surface area contributed by atoms with E-state index in [4.69, 9.17) is 5.73 Å². The Hall–Kier alpha value is -1.06. The smallest absolute Gasteiger partial charge is 0.224 e. The molecule has 128 valence electrons. The maximum atomic E-state index is 12.9. The van der Waals surface area contributed by atoms with E-state index in [-0.39, 0.29) is 28.7 Å². The predicted octanol–water partition coefficient (Wildman–Crippen LogP) is 3.39. The number of nitrogens with one attached hydrogen (secondary N) is 1. The third kappa shape index (κ3) is 4.99. The van der Waals surface area contributed by atoms with Crippen LogP contribution in [0.5, 0.6) is 0 Å². The van der Waals surface area contributed by atoms with Gasteiger partial charge in [0.05, 0.1) is 11.3 Å². The van der Waals surface area contributed by atoms with Crippen molar-refractivity contribution in [2.24, 2.45) is 22.5 Å². The minimum atomic E-state index is -0.680. The van der Waals surface area contributed by atoms with Crippen LogP contribution in [0.3, 0.4) is 0 Å². The van der Waals surface area contributed by atoms with Gasteiger partial charge in [-0.2, -0.15) is 0 Å². The van der Waals surface area contributed by atoms with Crippen LogP contribution in [-0.2, 0) is 9.59 Å². The lowest BCUT2D eigenvalue weighted by Gasteiger charge is -2.43. The number of carbonyl (C=O) groups excluding carboxylic acids is 2. The van der Waals surface area contributed by atoms with E-state index < -0.39 is 5.41 Å². The Balaban J connectivity index is 3.16. The molecule has 0 radical (unpaired) electrons. The van der Waals surface area contributed by atoms with Crippen molar-refractivity contribution in [1.82, 2.24) is 5.32 Å². The number of hydrogen-bond acceptors (Lipinski definition) is 2. The van der Waals surface area contributed by atoms with Crippen LogP contribution in [0.15, 0.2) is 0 Å². The van der Waals surface area contributed by atoms with Crippen LogP contribution in [0, 0.1) is 16.7 Å². The third-order valence-corrected chi connectivity index (χ3v) is 4.53. The van der Waals surface area contributed by atoms with E-state index in [0.29, 0.717) is 6.42 Å². The number of primary amides is 1. The van der Waals surface area contributed by atoms with Crippen LogP contribution in [0.25, 0.3) is 0 Å². The Morgan fingerprint density at radius 2 is 1.55 bits per heavy atom. The molecule has 1 rings (SSSR count). The maximum Gasteiger partial charge on any atom is 0.224 e. The molecule has 0 aromatic heterocycles. The van der Waals surface area contributed by atoms with E-state index in [2.05, 4.69) is 26.1 Å². The first-order valence-corrected chi connectivity index (χ1v) is 8.49. The van der Waals surface area contributed by atoms with Crippen molar-refractivity contribution in [3.8, 4) is 0 Å². The SMILES string of the molecule is CC(C)(C)CC(C(=O)NC(C)(C)C)C1(C(N)=O)CCCCC1. The molecule has 1 aliphatic rings. The van der Waals surface area contributed by atoms with Gasteiger partial charge in [-0.3, -0.25) is 9.59 Å². The Kier molecular flexibility index (Phi) is 5.69. The van der Waals surface area contributed by atoms with Gasteiger partial charge in [-0.05, 0) is 45.4 Å². The van der Waals surface area contributed by atoms with Crippen LogP contribution >= 0.6 is 0 Å². The van der Waals surface area contributed by atoms with E-state index in [0.717, 1.165) is 32.1 Å². The fourth-order valence-electron chi connectivity index (χ4n) is 3.56. The fraction of sp³-hybridized carbons (Fsp3) is 0.889. The zero-order chi connectivity index (χ0) is 17.2. The molecule has 0 heterocycles. The molecule has 0 aromatic rings. The summed E-state index contributed by atoms with van der Waals surface area (Å²) in [5.41, 5.74) is 4.79. The quantitative estimate of drug-likeness (QED) is 0.835. The molecule has 1 saturated carbocycles. The Bertz CT molecular complexity index is 410. The van der Waals surface area contributed by atoms with Gasteiger partial charge in [-0.1, -0.05) is 40.0 Å². The summed E-state index contributed by atoms with van der Waals surface area (Å²) in [7, 11) is 0. The molecule has 1 aliphatic carbocycles. The van der Waals surface area contributed by atoms with Crippen molar-refractivity contribution in [2.45, 2.75) is 85.6 Å². The second-order valence-corrected chi connectivity index (χ2v) is 9.14. The molecule has 0 spiro atoms. The predicted molar refractivity (Wildman–Crippen MR) is 90.2 cm³/mol. The van der Waals surface area contributed by atoms with Crippen molar-refractivity contribution in [3.05, 3.63) is 0 Å². The van der Waals surface area contributed by atoms with Gasteiger partial charge in [0.1, 0.15) is 0 Å². The maximum absolute atomic E-state index is 12.9. The minimum absolute atomic E-state index is 0.0249. The van der Waals surface area contributed by atoms with Gasteiger partial charge in [-0.15, -0.1) is 0 Å². The number of hydrogen-bond donors (Lipinski definition) is 2. The summed E-state index contributed by atoms with van der Waals surface area (Å²) in [5, 5.41) is 3.07. The molecule has 1 atom stereocenters. The van der Waals surface area contributed by atoms with Crippen LogP contribution in [-0.4, -0.2) is 17.4 Å². The second kappa shape index (κ2) is 6.59. The first-order valence-electron chi connectivity index (χ1n) is 8.49. The molecule has 3 N–H and O–H groups in total. The molecular formula is C18H34N2O2. The van der Waals surface area contributed by atoms with Gasteiger partial charge in [0.25, 0.3) is 0 Å². The molecule has 4 heteroatoms. The molecule has 4 nitrogen and oxygen atoms in total. The Morgan fingerprint density at radius 3 is 1.91 bits per heavy atom. The summed E-state index contributed by atoms with van der Waals surface area (Å²) in [5.74, 6) is -0.668. The summed E-state index contributed by atoms with van der Waals surface area (Å²) in [4.78, 5) is 25.2. The van der Waals surface area contributed by atoms with Crippen LogP contribution in [0.1, 0.15) is 80.1 Å². The molecule has 22 heavy (non-hydrogen) atoms. The van der Waals surface area contributed by atoms with Crippen molar-refractivity contribution >= 4 is 11.8 Å². The van der Waals surface area contributed by atoms with Gasteiger partial charge in [-0.25, -0.2) is 0 Å².